The van der Waals surface area contributed by atoms with Crippen molar-refractivity contribution in [2.75, 3.05) is 0 Å². The van der Waals surface area contributed by atoms with Crippen molar-refractivity contribution >= 4 is 5.91 Å². The van der Waals surface area contributed by atoms with E-state index in [9.17, 15) is 9.59 Å². The molecule has 0 spiro atoms. The Kier molecular flexibility index (Phi) is 4.68. The summed E-state index contributed by atoms with van der Waals surface area (Å²) in [6.07, 6.45) is 5.18. The summed E-state index contributed by atoms with van der Waals surface area (Å²) in [6, 6.07) is -0.141. The van der Waals surface area contributed by atoms with E-state index in [4.69, 9.17) is 0 Å². The minimum absolute atomic E-state index is 0.0653. The van der Waals surface area contributed by atoms with Gasteiger partial charge in [-0.05, 0) is 13.8 Å². The lowest BCUT2D eigenvalue weighted by molar-refractivity contribution is 0.0934. The molecule has 0 aromatic carbocycles. The molecular weight excluding hydrogens is 294 g/mol. The normalized spacial score (nSPS) is 12.9. The molecule has 124 valence electrons. The first-order valence-electron chi connectivity index (χ1n) is 7.56. The molecule has 1 atom stereocenters. The lowest BCUT2D eigenvalue weighted by atomic mass is 9.95. The third-order valence-electron chi connectivity index (χ3n) is 3.46. The number of rotatable bonds is 4. The van der Waals surface area contributed by atoms with Gasteiger partial charge in [-0.3, -0.25) is 9.59 Å². The maximum absolute atomic E-state index is 12.4. The largest absolute Gasteiger partial charge is 0.348 e. The van der Waals surface area contributed by atoms with E-state index in [1.54, 1.807) is 19.4 Å². The SMILES string of the molecule is Cc1nc(C(C)(C)C)[nH]c(=O)c1C(=O)N[C@@H](C)Cn1ccnc1. The minimum atomic E-state index is -0.413. The van der Waals surface area contributed by atoms with Crippen LogP contribution in [0.3, 0.4) is 0 Å². The van der Waals surface area contributed by atoms with Gasteiger partial charge >= 0.3 is 0 Å². The topological polar surface area (TPSA) is 92.7 Å². The second-order valence-corrected chi connectivity index (χ2v) is 6.76. The molecule has 0 saturated carbocycles. The molecule has 2 aromatic rings. The maximum atomic E-state index is 12.4. The number of aryl methyl sites for hydroxylation is 1. The van der Waals surface area contributed by atoms with E-state index < -0.39 is 11.5 Å². The number of nitrogens with one attached hydrogen (secondary N) is 2. The van der Waals surface area contributed by atoms with Gasteiger partial charge in [-0.2, -0.15) is 0 Å². The van der Waals surface area contributed by atoms with Crippen LogP contribution in [0.1, 0.15) is 49.6 Å². The first kappa shape index (κ1) is 16.9. The number of amides is 1. The third-order valence-corrected chi connectivity index (χ3v) is 3.46. The highest BCUT2D eigenvalue weighted by Crippen LogP contribution is 2.17. The second kappa shape index (κ2) is 6.36. The molecule has 0 fully saturated rings. The van der Waals surface area contributed by atoms with Crippen molar-refractivity contribution in [3.8, 4) is 0 Å². The summed E-state index contributed by atoms with van der Waals surface area (Å²) in [4.78, 5) is 35.7. The molecule has 2 rings (SSSR count). The van der Waals surface area contributed by atoms with Crippen molar-refractivity contribution in [3.05, 3.63) is 46.2 Å². The first-order chi connectivity index (χ1) is 10.7. The van der Waals surface area contributed by atoms with Gasteiger partial charge in [0.25, 0.3) is 11.5 Å². The zero-order valence-electron chi connectivity index (χ0n) is 14.2. The molecule has 0 radical (unpaired) electrons. The van der Waals surface area contributed by atoms with Crippen LogP contribution in [0.2, 0.25) is 0 Å². The van der Waals surface area contributed by atoms with Crippen molar-refractivity contribution in [2.45, 2.75) is 52.6 Å². The van der Waals surface area contributed by atoms with Gasteiger partial charge in [-0.25, -0.2) is 9.97 Å². The molecule has 1 amide bonds. The van der Waals surface area contributed by atoms with Gasteiger partial charge in [-0.15, -0.1) is 0 Å². The Balaban J connectivity index is 2.18. The molecule has 0 saturated heterocycles. The van der Waals surface area contributed by atoms with Crippen molar-refractivity contribution in [1.82, 2.24) is 24.8 Å². The van der Waals surface area contributed by atoms with E-state index >= 15 is 0 Å². The van der Waals surface area contributed by atoms with Gasteiger partial charge in [0.05, 0.1) is 12.0 Å². The Morgan fingerprint density at radius 2 is 2.13 bits per heavy atom. The van der Waals surface area contributed by atoms with Crippen LogP contribution in [-0.2, 0) is 12.0 Å². The third kappa shape index (κ3) is 4.06. The van der Waals surface area contributed by atoms with Gasteiger partial charge in [0, 0.05) is 30.4 Å². The van der Waals surface area contributed by atoms with Gasteiger partial charge in [-0.1, -0.05) is 20.8 Å². The highest BCUT2D eigenvalue weighted by molar-refractivity contribution is 5.94. The van der Waals surface area contributed by atoms with E-state index in [1.165, 1.54) is 0 Å². The monoisotopic (exact) mass is 317 g/mol. The second-order valence-electron chi connectivity index (χ2n) is 6.76. The molecular formula is C16H23N5O2. The smallest absolute Gasteiger partial charge is 0.264 e. The summed E-state index contributed by atoms with van der Waals surface area (Å²) in [5.41, 5.74) is -0.190. The van der Waals surface area contributed by atoms with E-state index in [0.717, 1.165) is 0 Å². The highest BCUT2D eigenvalue weighted by atomic mass is 16.2. The Bertz CT molecular complexity index is 741. The molecule has 2 heterocycles. The number of H-pyrrole nitrogens is 1. The predicted octanol–water partition coefficient (Wildman–Crippen LogP) is 1.39. The number of hydrogen-bond donors (Lipinski definition) is 2. The van der Waals surface area contributed by atoms with Crippen LogP contribution < -0.4 is 10.9 Å². The molecule has 7 heteroatoms. The Labute approximate surface area is 135 Å². The number of hydrogen-bond acceptors (Lipinski definition) is 4. The molecule has 0 aliphatic carbocycles. The molecule has 2 N–H and O–H groups in total. The average molecular weight is 317 g/mol. The summed E-state index contributed by atoms with van der Waals surface area (Å²) in [6.45, 7) is 10.0. The quantitative estimate of drug-likeness (QED) is 0.891. The van der Waals surface area contributed by atoms with Gasteiger partial charge < -0.3 is 14.9 Å². The summed E-state index contributed by atoms with van der Waals surface area (Å²) in [5.74, 6) is 0.160. The molecule has 0 aliphatic rings. The Hall–Kier alpha value is -2.44. The van der Waals surface area contributed by atoms with Crippen molar-refractivity contribution in [1.29, 1.82) is 0 Å². The molecule has 23 heavy (non-hydrogen) atoms. The minimum Gasteiger partial charge on any atom is -0.348 e. The van der Waals surface area contributed by atoms with E-state index in [2.05, 4.69) is 20.3 Å². The summed E-state index contributed by atoms with van der Waals surface area (Å²) >= 11 is 0. The summed E-state index contributed by atoms with van der Waals surface area (Å²) in [5, 5.41) is 2.83. The number of carbonyl (C=O) groups excluding carboxylic acids is 1. The number of carbonyl (C=O) groups is 1. The standard InChI is InChI=1S/C16H23N5O2/c1-10(8-21-7-6-17-9-21)18-13(22)12-11(2)19-15(16(3,4)5)20-14(12)23/h6-7,9-10H,8H2,1-5H3,(H,18,22)(H,19,20,23)/t10-/m0/s1. The van der Waals surface area contributed by atoms with E-state index in [0.29, 0.717) is 18.1 Å². The van der Waals surface area contributed by atoms with Crippen molar-refractivity contribution < 1.29 is 4.79 Å². The maximum Gasteiger partial charge on any atom is 0.264 e. The van der Waals surface area contributed by atoms with Crippen LogP contribution >= 0.6 is 0 Å². The zero-order chi connectivity index (χ0) is 17.2. The average Bonchev–Trinajstić information content (AvgIpc) is 2.89. The number of imidazole rings is 1. The van der Waals surface area contributed by atoms with Gasteiger partial charge in [0.15, 0.2) is 0 Å². The fourth-order valence-corrected chi connectivity index (χ4v) is 2.26. The molecule has 0 aliphatic heterocycles. The summed E-state index contributed by atoms with van der Waals surface area (Å²) < 4.78 is 1.86. The fourth-order valence-electron chi connectivity index (χ4n) is 2.26. The van der Waals surface area contributed by atoms with E-state index in [1.807, 2.05) is 38.5 Å². The van der Waals surface area contributed by atoms with Crippen LogP contribution in [0.4, 0.5) is 0 Å². The van der Waals surface area contributed by atoms with Crippen molar-refractivity contribution in [2.24, 2.45) is 0 Å². The number of aromatic amines is 1. The van der Waals surface area contributed by atoms with Crippen LogP contribution in [0.25, 0.3) is 0 Å². The summed E-state index contributed by atoms with van der Waals surface area (Å²) in [7, 11) is 0. The zero-order valence-corrected chi connectivity index (χ0v) is 14.2. The molecule has 7 nitrogen and oxygen atoms in total. The van der Waals surface area contributed by atoms with Crippen LogP contribution in [0, 0.1) is 6.92 Å². The number of nitrogens with zero attached hydrogens (tertiary/aromatic N) is 3. The number of aromatic nitrogens is 4. The van der Waals surface area contributed by atoms with Gasteiger partial charge in [0.1, 0.15) is 11.4 Å². The fraction of sp³-hybridized carbons (Fsp3) is 0.500. The van der Waals surface area contributed by atoms with E-state index in [-0.39, 0.29) is 17.0 Å². The van der Waals surface area contributed by atoms with Crippen LogP contribution in [0.5, 0.6) is 0 Å². The van der Waals surface area contributed by atoms with Crippen molar-refractivity contribution in [3.63, 3.8) is 0 Å². The van der Waals surface area contributed by atoms with Gasteiger partial charge in [0.2, 0.25) is 0 Å². The highest BCUT2D eigenvalue weighted by Gasteiger charge is 2.22. The lowest BCUT2D eigenvalue weighted by Crippen LogP contribution is -2.39. The molecule has 0 bridgehead atoms. The molecule has 2 aromatic heterocycles. The lowest BCUT2D eigenvalue weighted by Gasteiger charge is -2.19. The Morgan fingerprint density at radius 3 is 2.65 bits per heavy atom. The van der Waals surface area contributed by atoms with Crippen LogP contribution in [0.15, 0.2) is 23.5 Å². The Morgan fingerprint density at radius 1 is 1.43 bits per heavy atom. The van der Waals surface area contributed by atoms with Crippen LogP contribution in [-0.4, -0.2) is 31.5 Å². The molecule has 0 unspecified atom stereocenters. The first-order valence-corrected chi connectivity index (χ1v) is 7.56. The predicted molar refractivity (Wildman–Crippen MR) is 87.4 cm³/mol.